The molecule has 2 aromatic carbocycles. The molecule has 1 aromatic heterocycles. The molecule has 0 aliphatic carbocycles. The summed E-state index contributed by atoms with van der Waals surface area (Å²) in [4.78, 5) is 11.5. The molecule has 2 saturated heterocycles. The van der Waals surface area contributed by atoms with E-state index < -0.39 is 0 Å². The molecule has 0 spiro atoms. The number of aromatic nitrogens is 1. The number of aromatic amines is 1. The van der Waals surface area contributed by atoms with Crippen molar-refractivity contribution in [2.45, 2.75) is 32.4 Å². The Labute approximate surface area is 185 Å². The number of ether oxygens (including phenoxy) is 1. The SMILES string of the molecule is COc1ccccc1N1CCN(C2CCCN(Cc3[nH]c4ccccc4c3C)C2)CC1. The van der Waals surface area contributed by atoms with Crippen LogP contribution in [0, 0.1) is 6.92 Å². The third-order valence-corrected chi connectivity index (χ3v) is 7.19. The van der Waals surface area contributed by atoms with Crippen LogP contribution in [0.3, 0.4) is 0 Å². The van der Waals surface area contributed by atoms with Gasteiger partial charge in [-0.05, 0) is 50.1 Å². The fraction of sp³-hybridized carbons (Fsp3) is 0.462. The van der Waals surface area contributed by atoms with Crippen LogP contribution in [-0.2, 0) is 6.54 Å². The lowest BCUT2D eigenvalue weighted by Crippen LogP contribution is -2.55. The Hall–Kier alpha value is -2.50. The molecule has 1 N–H and O–H groups in total. The summed E-state index contributed by atoms with van der Waals surface area (Å²) in [5.41, 5.74) is 5.27. The zero-order chi connectivity index (χ0) is 21.2. The summed E-state index contributed by atoms with van der Waals surface area (Å²) in [5, 5.41) is 1.36. The number of H-pyrrole nitrogens is 1. The molecule has 1 unspecified atom stereocenters. The lowest BCUT2D eigenvalue weighted by atomic mass is 10.0. The molecular formula is C26H34N4O. The van der Waals surface area contributed by atoms with E-state index in [0.29, 0.717) is 6.04 Å². The second kappa shape index (κ2) is 8.93. The smallest absolute Gasteiger partial charge is 0.142 e. The molecular weight excluding hydrogens is 384 g/mol. The van der Waals surface area contributed by atoms with Crippen molar-refractivity contribution in [1.82, 2.24) is 14.8 Å². The predicted molar refractivity (Wildman–Crippen MR) is 128 cm³/mol. The molecule has 31 heavy (non-hydrogen) atoms. The van der Waals surface area contributed by atoms with Crippen LogP contribution in [0.25, 0.3) is 10.9 Å². The van der Waals surface area contributed by atoms with Crippen molar-refractivity contribution in [3.05, 3.63) is 59.8 Å². The van der Waals surface area contributed by atoms with Crippen molar-refractivity contribution in [2.75, 3.05) is 51.3 Å². The number of likely N-dealkylation sites (tertiary alicyclic amines) is 1. The van der Waals surface area contributed by atoms with E-state index in [9.17, 15) is 0 Å². The Kier molecular flexibility index (Phi) is 5.88. The van der Waals surface area contributed by atoms with Gasteiger partial charge < -0.3 is 14.6 Å². The van der Waals surface area contributed by atoms with Gasteiger partial charge in [0, 0.05) is 61.9 Å². The topological polar surface area (TPSA) is 34.7 Å². The third-order valence-electron chi connectivity index (χ3n) is 7.19. The number of benzene rings is 2. The molecule has 2 fully saturated rings. The maximum atomic E-state index is 5.58. The first kappa shape index (κ1) is 20.4. The Morgan fingerprint density at radius 2 is 1.74 bits per heavy atom. The summed E-state index contributed by atoms with van der Waals surface area (Å²) >= 11 is 0. The number of rotatable bonds is 5. The highest BCUT2D eigenvalue weighted by Crippen LogP contribution is 2.29. The molecule has 0 bridgehead atoms. The fourth-order valence-electron chi connectivity index (χ4n) is 5.41. The Balaban J connectivity index is 1.20. The molecule has 0 radical (unpaired) electrons. The van der Waals surface area contributed by atoms with Gasteiger partial charge in [-0.15, -0.1) is 0 Å². The van der Waals surface area contributed by atoms with Gasteiger partial charge in [-0.25, -0.2) is 0 Å². The molecule has 5 rings (SSSR count). The Morgan fingerprint density at radius 3 is 2.55 bits per heavy atom. The van der Waals surface area contributed by atoms with E-state index in [2.05, 4.69) is 69.1 Å². The van der Waals surface area contributed by atoms with Crippen molar-refractivity contribution >= 4 is 16.6 Å². The summed E-state index contributed by atoms with van der Waals surface area (Å²) in [6, 6.07) is 17.7. The van der Waals surface area contributed by atoms with Gasteiger partial charge in [-0.3, -0.25) is 9.80 Å². The van der Waals surface area contributed by atoms with Crippen LogP contribution in [0.4, 0.5) is 5.69 Å². The minimum absolute atomic E-state index is 0.665. The molecule has 1 atom stereocenters. The van der Waals surface area contributed by atoms with E-state index in [-0.39, 0.29) is 0 Å². The number of fused-ring (bicyclic) bond motifs is 1. The molecule has 164 valence electrons. The molecule has 2 aliphatic heterocycles. The van der Waals surface area contributed by atoms with Crippen molar-refractivity contribution < 1.29 is 4.74 Å². The summed E-state index contributed by atoms with van der Waals surface area (Å²) < 4.78 is 5.58. The largest absolute Gasteiger partial charge is 0.495 e. The third kappa shape index (κ3) is 4.17. The summed E-state index contributed by atoms with van der Waals surface area (Å²) in [6.45, 7) is 10.0. The fourth-order valence-corrected chi connectivity index (χ4v) is 5.41. The number of nitrogens with zero attached hydrogens (tertiary/aromatic N) is 3. The van der Waals surface area contributed by atoms with Crippen molar-refractivity contribution in [2.24, 2.45) is 0 Å². The number of nitrogens with one attached hydrogen (secondary N) is 1. The zero-order valence-corrected chi connectivity index (χ0v) is 18.8. The summed E-state index contributed by atoms with van der Waals surface area (Å²) in [7, 11) is 1.76. The lowest BCUT2D eigenvalue weighted by Gasteiger charge is -2.44. The number of piperidine rings is 1. The first-order valence-corrected chi connectivity index (χ1v) is 11.6. The van der Waals surface area contributed by atoms with E-state index in [0.717, 1.165) is 38.5 Å². The minimum Gasteiger partial charge on any atom is -0.495 e. The molecule has 0 saturated carbocycles. The summed E-state index contributed by atoms with van der Waals surface area (Å²) in [6.07, 6.45) is 2.60. The summed E-state index contributed by atoms with van der Waals surface area (Å²) in [5.74, 6) is 0.980. The first-order valence-electron chi connectivity index (χ1n) is 11.6. The van der Waals surface area contributed by atoms with Crippen LogP contribution < -0.4 is 9.64 Å². The second-order valence-electron chi connectivity index (χ2n) is 9.00. The molecule has 5 nitrogen and oxygen atoms in total. The molecule has 3 aromatic rings. The maximum absolute atomic E-state index is 5.58. The van der Waals surface area contributed by atoms with E-state index in [4.69, 9.17) is 4.74 Å². The molecule has 0 amide bonds. The Morgan fingerprint density at radius 1 is 0.968 bits per heavy atom. The monoisotopic (exact) mass is 418 g/mol. The van der Waals surface area contributed by atoms with Crippen molar-refractivity contribution in [3.63, 3.8) is 0 Å². The van der Waals surface area contributed by atoms with Crippen LogP contribution in [0.15, 0.2) is 48.5 Å². The van der Waals surface area contributed by atoms with Gasteiger partial charge >= 0.3 is 0 Å². The van der Waals surface area contributed by atoms with E-state index in [1.807, 2.05) is 6.07 Å². The molecule has 2 aliphatic rings. The van der Waals surface area contributed by atoms with Gasteiger partial charge in [-0.1, -0.05) is 30.3 Å². The van der Waals surface area contributed by atoms with Gasteiger partial charge in [0.15, 0.2) is 0 Å². The number of piperazine rings is 1. The van der Waals surface area contributed by atoms with Crippen molar-refractivity contribution in [3.8, 4) is 5.75 Å². The van der Waals surface area contributed by atoms with Crippen LogP contribution in [0.5, 0.6) is 5.75 Å². The van der Waals surface area contributed by atoms with Gasteiger partial charge in [-0.2, -0.15) is 0 Å². The predicted octanol–water partition coefficient (Wildman–Crippen LogP) is 4.27. The number of methoxy groups -OCH3 is 1. The van der Waals surface area contributed by atoms with Crippen LogP contribution in [0.2, 0.25) is 0 Å². The average Bonchev–Trinajstić information content (AvgIpc) is 3.14. The van der Waals surface area contributed by atoms with E-state index in [1.165, 1.54) is 53.8 Å². The Bertz CT molecular complexity index is 1020. The number of hydrogen-bond donors (Lipinski definition) is 1. The van der Waals surface area contributed by atoms with Crippen LogP contribution >= 0.6 is 0 Å². The standard InChI is InChI=1S/C26H34N4O/c1-20-22-9-3-4-10-23(22)27-24(20)19-28-13-7-8-21(18-28)29-14-16-30(17-15-29)25-11-5-6-12-26(25)31-2/h3-6,9-12,21,27H,7-8,13-19H2,1-2H3. The zero-order valence-electron chi connectivity index (χ0n) is 18.8. The number of hydrogen-bond acceptors (Lipinski definition) is 4. The molecule has 5 heteroatoms. The highest BCUT2D eigenvalue weighted by molar-refractivity contribution is 5.84. The van der Waals surface area contributed by atoms with Gasteiger partial charge in [0.1, 0.15) is 5.75 Å². The minimum atomic E-state index is 0.665. The highest BCUT2D eigenvalue weighted by atomic mass is 16.5. The lowest BCUT2D eigenvalue weighted by molar-refractivity contribution is 0.0880. The van der Waals surface area contributed by atoms with E-state index in [1.54, 1.807) is 7.11 Å². The van der Waals surface area contributed by atoms with Crippen LogP contribution in [0.1, 0.15) is 24.1 Å². The van der Waals surface area contributed by atoms with Gasteiger partial charge in [0.05, 0.1) is 12.8 Å². The maximum Gasteiger partial charge on any atom is 0.142 e. The normalized spacial score (nSPS) is 21.0. The van der Waals surface area contributed by atoms with E-state index >= 15 is 0 Å². The highest BCUT2D eigenvalue weighted by Gasteiger charge is 2.29. The quantitative estimate of drug-likeness (QED) is 0.671. The van der Waals surface area contributed by atoms with Gasteiger partial charge in [0.25, 0.3) is 0 Å². The second-order valence-corrected chi connectivity index (χ2v) is 9.00. The number of aryl methyl sites for hydroxylation is 1. The average molecular weight is 419 g/mol. The van der Waals surface area contributed by atoms with Crippen LogP contribution in [-0.4, -0.2) is 67.2 Å². The van der Waals surface area contributed by atoms with Gasteiger partial charge in [0.2, 0.25) is 0 Å². The van der Waals surface area contributed by atoms with Crippen molar-refractivity contribution in [1.29, 1.82) is 0 Å². The number of anilines is 1. The first-order chi connectivity index (χ1) is 15.2. The number of para-hydroxylation sites is 3. The molecule has 3 heterocycles.